The molecule has 1 rings (SSSR count). The lowest BCUT2D eigenvalue weighted by atomic mass is 10.2. The quantitative estimate of drug-likeness (QED) is 0.748. The normalized spacial score (nSPS) is 8.00. The Kier molecular flexibility index (Phi) is 5.76. The van der Waals surface area contributed by atoms with Gasteiger partial charge in [-0.15, -0.1) is 0 Å². The summed E-state index contributed by atoms with van der Waals surface area (Å²) in [7, 11) is 0. The minimum absolute atomic E-state index is 0. The second-order valence-corrected chi connectivity index (χ2v) is 2.07. The number of pyridine rings is 1. The average Bonchev–Trinajstić information content (AvgIpc) is 2.04. The molecule has 14 heavy (non-hydrogen) atoms. The fraction of sp³-hybridized carbons (Fsp3) is 0. The highest BCUT2D eigenvalue weighted by atomic mass is 19.0. The maximum atomic E-state index is 10.3. The lowest BCUT2D eigenvalue weighted by Crippen LogP contribution is -2.02. The standard InChI is InChI=1S/C7H5NO4.2FH/c9-6(10)4-1-5(7(11)12)3-8-2-4;;/h1-3H,(H,9,10)(H,11,12);2*1H. The summed E-state index contributed by atoms with van der Waals surface area (Å²) < 4.78 is 0. The van der Waals surface area contributed by atoms with E-state index < -0.39 is 11.9 Å². The first-order valence-corrected chi connectivity index (χ1v) is 3.03. The van der Waals surface area contributed by atoms with Crippen LogP contribution in [0, 0.1) is 0 Å². The highest BCUT2D eigenvalue weighted by molar-refractivity contribution is 5.92. The van der Waals surface area contributed by atoms with Gasteiger partial charge in [0.25, 0.3) is 0 Å². The zero-order chi connectivity index (χ0) is 9.14. The zero-order valence-electron chi connectivity index (χ0n) is 6.71. The Balaban J connectivity index is 0. The highest BCUT2D eigenvalue weighted by Crippen LogP contribution is 2.01. The van der Waals surface area contributed by atoms with E-state index >= 15 is 0 Å². The summed E-state index contributed by atoms with van der Waals surface area (Å²) in [4.78, 5) is 24.2. The second-order valence-electron chi connectivity index (χ2n) is 2.07. The Hall–Kier alpha value is -2.05. The highest BCUT2D eigenvalue weighted by Gasteiger charge is 2.07. The molecule has 1 aromatic heterocycles. The molecule has 0 saturated heterocycles. The predicted octanol–water partition coefficient (Wildman–Crippen LogP) is 0.783. The van der Waals surface area contributed by atoms with Gasteiger partial charge in [-0.2, -0.15) is 0 Å². The van der Waals surface area contributed by atoms with Crippen LogP contribution < -0.4 is 0 Å². The lowest BCUT2D eigenvalue weighted by molar-refractivity contribution is 0.0696. The zero-order valence-corrected chi connectivity index (χ0v) is 6.71. The first-order valence-electron chi connectivity index (χ1n) is 3.03. The first-order chi connectivity index (χ1) is 5.61. The van der Waals surface area contributed by atoms with Gasteiger partial charge in [-0.1, -0.05) is 0 Å². The molecular formula is C7H7F2NO4. The Morgan fingerprint density at radius 3 is 1.64 bits per heavy atom. The average molecular weight is 207 g/mol. The SMILES string of the molecule is F.F.O=C(O)c1cncc(C(=O)O)c1. The third-order valence-electron chi connectivity index (χ3n) is 1.23. The molecule has 0 aliphatic rings. The Bertz CT molecular complexity index is 313. The molecule has 5 nitrogen and oxygen atoms in total. The van der Waals surface area contributed by atoms with Crippen LogP contribution in [0.1, 0.15) is 20.7 Å². The number of nitrogens with zero attached hydrogens (tertiary/aromatic N) is 1. The number of carboxylic acids is 2. The van der Waals surface area contributed by atoms with Gasteiger partial charge in [0.2, 0.25) is 0 Å². The van der Waals surface area contributed by atoms with Crippen LogP contribution in [0.3, 0.4) is 0 Å². The molecule has 0 atom stereocenters. The van der Waals surface area contributed by atoms with Gasteiger partial charge in [-0.25, -0.2) is 9.59 Å². The van der Waals surface area contributed by atoms with E-state index in [1.165, 1.54) is 0 Å². The van der Waals surface area contributed by atoms with Crippen LogP contribution in [0.15, 0.2) is 18.5 Å². The molecule has 7 heteroatoms. The molecule has 0 aliphatic heterocycles. The van der Waals surface area contributed by atoms with Gasteiger partial charge in [0, 0.05) is 12.4 Å². The van der Waals surface area contributed by atoms with Crippen LogP contribution in [0.5, 0.6) is 0 Å². The molecule has 2 N–H and O–H groups in total. The van der Waals surface area contributed by atoms with E-state index in [2.05, 4.69) is 4.98 Å². The molecule has 0 fully saturated rings. The van der Waals surface area contributed by atoms with Crippen molar-refractivity contribution in [2.24, 2.45) is 0 Å². The van der Waals surface area contributed by atoms with Crippen molar-refractivity contribution in [3.05, 3.63) is 29.6 Å². The molecule has 0 unspecified atom stereocenters. The van der Waals surface area contributed by atoms with Gasteiger partial charge in [0.05, 0.1) is 11.1 Å². The van der Waals surface area contributed by atoms with E-state index in [0.717, 1.165) is 18.5 Å². The maximum absolute atomic E-state index is 10.3. The van der Waals surface area contributed by atoms with Crippen LogP contribution in [0.4, 0.5) is 9.41 Å². The van der Waals surface area contributed by atoms with Crippen LogP contribution >= 0.6 is 0 Å². The molecular weight excluding hydrogens is 200 g/mol. The molecule has 0 radical (unpaired) electrons. The summed E-state index contributed by atoms with van der Waals surface area (Å²) in [6.07, 6.45) is 2.18. The Morgan fingerprint density at radius 1 is 1.00 bits per heavy atom. The van der Waals surface area contributed by atoms with Crippen LogP contribution in [0.25, 0.3) is 0 Å². The fourth-order valence-corrected chi connectivity index (χ4v) is 0.674. The molecule has 1 aromatic rings. The van der Waals surface area contributed by atoms with Gasteiger partial charge in [0.1, 0.15) is 0 Å². The van der Waals surface area contributed by atoms with Crippen LogP contribution in [-0.2, 0) is 0 Å². The number of hydrogen-bond acceptors (Lipinski definition) is 3. The van der Waals surface area contributed by atoms with Crippen molar-refractivity contribution < 1.29 is 29.2 Å². The van der Waals surface area contributed by atoms with Gasteiger partial charge < -0.3 is 10.2 Å². The molecule has 0 amide bonds. The Morgan fingerprint density at radius 2 is 1.36 bits per heavy atom. The molecule has 0 bridgehead atoms. The lowest BCUT2D eigenvalue weighted by Gasteiger charge is -1.94. The Labute approximate surface area is 76.7 Å². The largest absolute Gasteiger partial charge is 0.478 e. The van der Waals surface area contributed by atoms with E-state index in [9.17, 15) is 9.59 Å². The number of carboxylic acid groups (broad SMARTS) is 2. The van der Waals surface area contributed by atoms with Crippen LogP contribution in [0.2, 0.25) is 0 Å². The summed E-state index contributed by atoms with van der Waals surface area (Å²) in [5, 5.41) is 16.9. The van der Waals surface area contributed by atoms with Gasteiger partial charge in [0.15, 0.2) is 0 Å². The predicted molar refractivity (Wildman–Crippen MR) is 43.2 cm³/mol. The summed E-state index contributed by atoms with van der Waals surface area (Å²) >= 11 is 0. The number of aromatic carboxylic acids is 2. The monoisotopic (exact) mass is 207 g/mol. The molecule has 0 saturated carbocycles. The third kappa shape index (κ3) is 3.13. The van der Waals surface area contributed by atoms with Gasteiger partial charge in [-0.05, 0) is 6.07 Å². The van der Waals surface area contributed by atoms with Crippen LogP contribution in [-0.4, -0.2) is 27.1 Å². The summed E-state index contributed by atoms with van der Waals surface area (Å²) in [6.45, 7) is 0. The van der Waals surface area contributed by atoms with Crippen molar-refractivity contribution in [2.45, 2.75) is 0 Å². The first kappa shape index (κ1) is 14.5. The van der Waals surface area contributed by atoms with Gasteiger partial charge in [-0.3, -0.25) is 14.4 Å². The van der Waals surface area contributed by atoms with Crippen molar-refractivity contribution >= 4 is 11.9 Å². The maximum Gasteiger partial charge on any atom is 0.337 e. The summed E-state index contributed by atoms with van der Waals surface area (Å²) in [6, 6.07) is 1.05. The minimum atomic E-state index is -1.19. The minimum Gasteiger partial charge on any atom is -0.478 e. The van der Waals surface area contributed by atoms with Crippen molar-refractivity contribution in [1.29, 1.82) is 0 Å². The topological polar surface area (TPSA) is 87.5 Å². The fourth-order valence-electron chi connectivity index (χ4n) is 0.674. The number of halogens is 2. The van der Waals surface area contributed by atoms with E-state index in [1.54, 1.807) is 0 Å². The smallest absolute Gasteiger partial charge is 0.337 e. The molecule has 0 aliphatic carbocycles. The van der Waals surface area contributed by atoms with Crippen molar-refractivity contribution in [3.8, 4) is 0 Å². The van der Waals surface area contributed by atoms with Gasteiger partial charge >= 0.3 is 11.9 Å². The van der Waals surface area contributed by atoms with E-state index in [0.29, 0.717) is 0 Å². The van der Waals surface area contributed by atoms with E-state index in [1.807, 2.05) is 0 Å². The number of rotatable bonds is 2. The number of hydrogen-bond donors (Lipinski definition) is 2. The molecule has 1 heterocycles. The molecule has 78 valence electrons. The number of aromatic nitrogens is 1. The summed E-state index contributed by atoms with van der Waals surface area (Å²) in [5.41, 5.74) is -0.259. The van der Waals surface area contributed by atoms with Crippen molar-refractivity contribution in [3.63, 3.8) is 0 Å². The van der Waals surface area contributed by atoms with E-state index in [4.69, 9.17) is 10.2 Å². The summed E-state index contributed by atoms with van der Waals surface area (Å²) in [5.74, 6) is -2.38. The molecule has 0 aromatic carbocycles. The third-order valence-corrected chi connectivity index (χ3v) is 1.23. The number of carbonyl (C=O) groups is 2. The van der Waals surface area contributed by atoms with E-state index in [-0.39, 0.29) is 20.5 Å². The van der Waals surface area contributed by atoms with Crippen molar-refractivity contribution in [2.75, 3.05) is 0 Å². The second kappa shape index (κ2) is 5.57. The van der Waals surface area contributed by atoms with Crippen molar-refractivity contribution in [1.82, 2.24) is 4.98 Å². The molecule has 0 spiro atoms.